The highest BCUT2D eigenvalue weighted by Crippen LogP contribution is 2.39. The standard InChI is InChI=1S/C15H23N5/c1-9-15(10(2)17-16-9)11(3)20(4)8-13-7-14(19-18-13)12-5-6-12/h7,11-12H,5-6,8H2,1-4H3,(H,16,17)(H,18,19)/t11-/m1/s1. The van der Waals surface area contributed by atoms with Crippen molar-refractivity contribution in [3.63, 3.8) is 0 Å². The molecule has 2 aromatic heterocycles. The van der Waals surface area contributed by atoms with Gasteiger partial charge in [0.15, 0.2) is 0 Å². The van der Waals surface area contributed by atoms with Crippen LogP contribution in [-0.2, 0) is 6.54 Å². The van der Waals surface area contributed by atoms with Crippen molar-refractivity contribution in [2.45, 2.75) is 52.1 Å². The first-order valence-electron chi connectivity index (χ1n) is 7.32. The molecule has 5 nitrogen and oxygen atoms in total. The summed E-state index contributed by atoms with van der Waals surface area (Å²) >= 11 is 0. The zero-order valence-corrected chi connectivity index (χ0v) is 12.7. The van der Waals surface area contributed by atoms with E-state index in [-0.39, 0.29) is 0 Å². The van der Waals surface area contributed by atoms with E-state index in [1.54, 1.807) is 0 Å². The molecule has 5 heteroatoms. The van der Waals surface area contributed by atoms with Crippen LogP contribution < -0.4 is 0 Å². The molecule has 108 valence electrons. The predicted molar refractivity (Wildman–Crippen MR) is 78.5 cm³/mol. The molecule has 0 saturated heterocycles. The molecule has 1 fully saturated rings. The molecule has 0 amide bonds. The Morgan fingerprint density at radius 3 is 2.65 bits per heavy atom. The van der Waals surface area contributed by atoms with Gasteiger partial charge >= 0.3 is 0 Å². The number of H-pyrrole nitrogens is 2. The summed E-state index contributed by atoms with van der Waals surface area (Å²) in [6.07, 6.45) is 2.59. The Bertz CT molecular complexity index is 574. The highest BCUT2D eigenvalue weighted by Gasteiger charge is 2.26. The summed E-state index contributed by atoms with van der Waals surface area (Å²) in [5, 5.41) is 14.9. The Hall–Kier alpha value is -1.62. The molecule has 2 N–H and O–H groups in total. The van der Waals surface area contributed by atoms with Crippen molar-refractivity contribution in [2.24, 2.45) is 0 Å². The fourth-order valence-electron chi connectivity index (χ4n) is 2.85. The number of nitrogens with zero attached hydrogens (tertiary/aromatic N) is 3. The topological polar surface area (TPSA) is 60.6 Å². The third-order valence-corrected chi connectivity index (χ3v) is 4.33. The molecule has 0 spiro atoms. The van der Waals surface area contributed by atoms with Crippen molar-refractivity contribution in [2.75, 3.05) is 7.05 Å². The van der Waals surface area contributed by atoms with E-state index in [4.69, 9.17) is 0 Å². The van der Waals surface area contributed by atoms with Crippen LogP contribution in [0.1, 0.15) is 60.1 Å². The van der Waals surface area contributed by atoms with E-state index in [2.05, 4.69) is 59.2 Å². The Morgan fingerprint density at radius 1 is 1.30 bits per heavy atom. The predicted octanol–water partition coefficient (Wildman–Crippen LogP) is 2.82. The summed E-state index contributed by atoms with van der Waals surface area (Å²) in [6, 6.07) is 2.55. The van der Waals surface area contributed by atoms with Gasteiger partial charge in [-0.15, -0.1) is 0 Å². The van der Waals surface area contributed by atoms with Gasteiger partial charge in [-0.1, -0.05) is 0 Å². The molecule has 0 aliphatic heterocycles. The van der Waals surface area contributed by atoms with Gasteiger partial charge in [0, 0.05) is 35.5 Å². The summed E-state index contributed by atoms with van der Waals surface area (Å²) in [5.41, 5.74) is 5.97. The smallest absolute Gasteiger partial charge is 0.0656 e. The largest absolute Gasteiger partial charge is 0.294 e. The lowest BCUT2D eigenvalue weighted by atomic mass is 10.1. The van der Waals surface area contributed by atoms with Crippen molar-refractivity contribution >= 4 is 0 Å². The fraction of sp³-hybridized carbons (Fsp3) is 0.600. The maximum atomic E-state index is 4.42. The number of aromatic amines is 2. The van der Waals surface area contributed by atoms with Crippen LogP contribution in [0.3, 0.4) is 0 Å². The second-order valence-electron chi connectivity index (χ2n) is 6.03. The van der Waals surface area contributed by atoms with E-state index < -0.39 is 0 Å². The van der Waals surface area contributed by atoms with Gasteiger partial charge in [0.05, 0.1) is 11.4 Å². The van der Waals surface area contributed by atoms with Crippen molar-refractivity contribution in [3.05, 3.63) is 34.4 Å². The average molecular weight is 273 g/mol. The quantitative estimate of drug-likeness (QED) is 0.880. The molecule has 1 saturated carbocycles. The minimum Gasteiger partial charge on any atom is -0.294 e. The first-order valence-corrected chi connectivity index (χ1v) is 7.32. The molecule has 2 aromatic rings. The first kappa shape index (κ1) is 13.4. The Labute approximate surface area is 119 Å². The van der Waals surface area contributed by atoms with Gasteiger partial charge in [0.25, 0.3) is 0 Å². The van der Waals surface area contributed by atoms with Crippen LogP contribution in [0, 0.1) is 13.8 Å². The molecule has 0 radical (unpaired) electrons. The lowest BCUT2D eigenvalue weighted by Crippen LogP contribution is -2.23. The number of aryl methyl sites for hydroxylation is 2. The van der Waals surface area contributed by atoms with Crippen LogP contribution in [0.2, 0.25) is 0 Å². The van der Waals surface area contributed by atoms with Crippen LogP contribution in [0.4, 0.5) is 0 Å². The molecule has 20 heavy (non-hydrogen) atoms. The van der Waals surface area contributed by atoms with Crippen molar-refractivity contribution in [1.82, 2.24) is 25.3 Å². The molecular weight excluding hydrogens is 250 g/mol. The maximum absolute atomic E-state index is 4.42. The van der Waals surface area contributed by atoms with E-state index in [1.165, 1.54) is 29.8 Å². The summed E-state index contributed by atoms with van der Waals surface area (Å²) in [7, 11) is 2.15. The van der Waals surface area contributed by atoms with Gasteiger partial charge in [-0.25, -0.2) is 0 Å². The molecule has 0 aromatic carbocycles. The molecule has 1 aliphatic rings. The maximum Gasteiger partial charge on any atom is 0.0656 e. The van der Waals surface area contributed by atoms with E-state index in [0.717, 1.165) is 17.9 Å². The van der Waals surface area contributed by atoms with Gasteiger partial charge in [-0.05, 0) is 46.7 Å². The van der Waals surface area contributed by atoms with Crippen LogP contribution in [-0.4, -0.2) is 32.3 Å². The monoisotopic (exact) mass is 273 g/mol. The van der Waals surface area contributed by atoms with Crippen molar-refractivity contribution in [1.29, 1.82) is 0 Å². The normalized spacial score (nSPS) is 16.9. The molecule has 0 bridgehead atoms. The van der Waals surface area contributed by atoms with E-state index in [0.29, 0.717) is 12.0 Å². The van der Waals surface area contributed by atoms with E-state index in [9.17, 15) is 0 Å². The SMILES string of the molecule is Cc1n[nH]c(C)c1[C@@H](C)N(C)Cc1cc(C2CC2)n[nH]1. The third-order valence-electron chi connectivity index (χ3n) is 4.33. The number of aromatic nitrogens is 4. The summed E-state index contributed by atoms with van der Waals surface area (Å²) in [5.74, 6) is 0.709. The highest BCUT2D eigenvalue weighted by atomic mass is 15.2. The minimum atomic E-state index is 0.335. The molecule has 3 rings (SSSR count). The van der Waals surface area contributed by atoms with Crippen molar-refractivity contribution < 1.29 is 0 Å². The lowest BCUT2D eigenvalue weighted by Gasteiger charge is -2.24. The van der Waals surface area contributed by atoms with Gasteiger partial charge in [0.2, 0.25) is 0 Å². The number of hydrogen-bond acceptors (Lipinski definition) is 3. The summed E-state index contributed by atoms with van der Waals surface area (Å²) in [6.45, 7) is 7.25. The summed E-state index contributed by atoms with van der Waals surface area (Å²) < 4.78 is 0. The highest BCUT2D eigenvalue weighted by molar-refractivity contribution is 5.27. The Morgan fingerprint density at radius 2 is 2.05 bits per heavy atom. The van der Waals surface area contributed by atoms with Gasteiger partial charge in [-0.3, -0.25) is 15.1 Å². The summed E-state index contributed by atoms with van der Waals surface area (Å²) in [4.78, 5) is 2.33. The van der Waals surface area contributed by atoms with Crippen LogP contribution >= 0.6 is 0 Å². The molecule has 2 heterocycles. The lowest BCUT2D eigenvalue weighted by molar-refractivity contribution is 0.248. The number of hydrogen-bond donors (Lipinski definition) is 2. The molecular formula is C15H23N5. The van der Waals surface area contributed by atoms with Gasteiger partial charge < -0.3 is 0 Å². The Kier molecular flexibility index (Phi) is 3.38. The Balaban J connectivity index is 1.70. The third kappa shape index (κ3) is 2.50. The van der Waals surface area contributed by atoms with Crippen molar-refractivity contribution in [3.8, 4) is 0 Å². The van der Waals surface area contributed by atoms with Crippen LogP contribution in [0.5, 0.6) is 0 Å². The molecule has 0 unspecified atom stereocenters. The molecule has 1 aliphatic carbocycles. The average Bonchev–Trinajstić information content (AvgIpc) is 3.08. The van der Waals surface area contributed by atoms with E-state index in [1.807, 2.05) is 0 Å². The van der Waals surface area contributed by atoms with Crippen LogP contribution in [0.25, 0.3) is 0 Å². The number of rotatable bonds is 5. The van der Waals surface area contributed by atoms with Gasteiger partial charge in [0.1, 0.15) is 0 Å². The second kappa shape index (κ2) is 5.05. The van der Waals surface area contributed by atoms with E-state index >= 15 is 0 Å². The van der Waals surface area contributed by atoms with Crippen LogP contribution in [0.15, 0.2) is 6.07 Å². The fourth-order valence-corrected chi connectivity index (χ4v) is 2.85. The molecule has 1 atom stereocenters. The minimum absolute atomic E-state index is 0.335. The second-order valence-corrected chi connectivity index (χ2v) is 6.03. The number of nitrogens with one attached hydrogen (secondary N) is 2. The van der Waals surface area contributed by atoms with Gasteiger partial charge in [-0.2, -0.15) is 10.2 Å². The zero-order chi connectivity index (χ0) is 14.3. The first-order chi connectivity index (χ1) is 9.56. The zero-order valence-electron chi connectivity index (χ0n) is 12.7.